The molecule has 0 saturated heterocycles. The van der Waals surface area contributed by atoms with Crippen LogP contribution in [0.4, 0.5) is 16.0 Å². The van der Waals surface area contributed by atoms with Crippen LogP contribution in [0.25, 0.3) is 10.9 Å². The fourth-order valence-electron chi connectivity index (χ4n) is 3.16. The summed E-state index contributed by atoms with van der Waals surface area (Å²) in [5.41, 5.74) is 7.85. The van der Waals surface area contributed by atoms with Crippen molar-refractivity contribution in [1.29, 1.82) is 0 Å². The maximum absolute atomic E-state index is 14.3. The largest absolute Gasteiger partial charge is 0.437 e. The van der Waals surface area contributed by atoms with Gasteiger partial charge in [-0.2, -0.15) is 4.98 Å². The monoisotopic (exact) mass is 436 g/mol. The molecule has 9 heteroatoms. The molecular weight excluding hydrogens is 414 g/mol. The SMILES string of the molecule is CP(C)c1ccc(Oc2cnc(N)c(N(N)Cc3ccc4ncccc4c3)n2)cc1F. The highest BCUT2D eigenvalue weighted by Gasteiger charge is 2.14. The maximum atomic E-state index is 14.3. The van der Waals surface area contributed by atoms with Gasteiger partial charge in [0, 0.05) is 23.0 Å². The third-order valence-electron chi connectivity index (χ3n) is 4.68. The number of hydrazine groups is 1. The summed E-state index contributed by atoms with van der Waals surface area (Å²) in [5.74, 6) is 6.87. The molecule has 2 aromatic carbocycles. The molecule has 31 heavy (non-hydrogen) atoms. The van der Waals surface area contributed by atoms with Crippen LogP contribution < -0.4 is 26.6 Å². The second-order valence-electron chi connectivity index (χ2n) is 7.19. The Morgan fingerprint density at radius 3 is 2.71 bits per heavy atom. The first kappa shape index (κ1) is 20.9. The molecule has 0 fully saturated rings. The van der Waals surface area contributed by atoms with Crippen LogP contribution in [0.1, 0.15) is 5.56 Å². The first-order chi connectivity index (χ1) is 14.9. The molecule has 0 aliphatic rings. The van der Waals surface area contributed by atoms with E-state index in [1.54, 1.807) is 18.3 Å². The number of nitrogens with zero attached hydrogens (tertiary/aromatic N) is 4. The number of hydrogen-bond donors (Lipinski definition) is 2. The lowest BCUT2D eigenvalue weighted by atomic mass is 10.1. The molecule has 0 radical (unpaired) electrons. The number of pyridine rings is 1. The van der Waals surface area contributed by atoms with Gasteiger partial charge in [-0.25, -0.2) is 15.2 Å². The van der Waals surface area contributed by atoms with Crippen LogP contribution in [0.5, 0.6) is 11.6 Å². The molecule has 2 aromatic heterocycles. The second kappa shape index (κ2) is 8.79. The number of rotatable bonds is 6. The van der Waals surface area contributed by atoms with Gasteiger partial charge >= 0.3 is 0 Å². The van der Waals surface area contributed by atoms with E-state index < -0.39 is 7.92 Å². The van der Waals surface area contributed by atoms with E-state index in [2.05, 4.69) is 15.0 Å². The minimum absolute atomic E-state index is 0.168. The number of hydrogen-bond acceptors (Lipinski definition) is 7. The number of benzene rings is 2. The number of ether oxygens (including phenoxy) is 1. The lowest BCUT2D eigenvalue weighted by Gasteiger charge is -2.19. The molecule has 0 unspecified atom stereocenters. The summed E-state index contributed by atoms with van der Waals surface area (Å²) in [6.07, 6.45) is 3.13. The van der Waals surface area contributed by atoms with Crippen molar-refractivity contribution < 1.29 is 9.13 Å². The quantitative estimate of drug-likeness (QED) is 0.269. The number of nitrogens with two attached hydrogens (primary N) is 2. The molecule has 7 nitrogen and oxygen atoms in total. The van der Waals surface area contributed by atoms with Crippen LogP contribution in [0.3, 0.4) is 0 Å². The highest BCUT2D eigenvalue weighted by atomic mass is 31.1. The van der Waals surface area contributed by atoms with E-state index in [0.29, 0.717) is 17.6 Å². The van der Waals surface area contributed by atoms with E-state index in [0.717, 1.165) is 16.5 Å². The van der Waals surface area contributed by atoms with Crippen LogP contribution in [0.2, 0.25) is 0 Å². The van der Waals surface area contributed by atoms with Gasteiger partial charge in [0.2, 0.25) is 5.88 Å². The summed E-state index contributed by atoms with van der Waals surface area (Å²) < 4.78 is 20.0. The molecule has 0 aliphatic carbocycles. The summed E-state index contributed by atoms with van der Waals surface area (Å²) in [7, 11) is -0.544. The average Bonchev–Trinajstić information content (AvgIpc) is 2.74. The molecule has 4 N–H and O–H groups in total. The van der Waals surface area contributed by atoms with Gasteiger partial charge < -0.3 is 10.5 Å². The predicted octanol–water partition coefficient (Wildman–Crippen LogP) is 3.79. The van der Waals surface area contributed by atoms with Crippen molar-refractivity contribution >= 4 is 35.8 Å². The summed E-state index contributed by atoms with van der Waals surface area (Å²) >= 11 is 0. The molecular formula is C22H22FN6OP. The van der Waals surface area contributed by atoms with E-state index in [1.807, 2.05) is 43.7 Å². The molecule has 0 saturated carbocycles. The van der Waals surface area contributed by atoms with Gasteiger partial charge in [0.15, 0.2) is 11.6 Å². The standard InChI is InChI=1S/C22H22FN6OP/c1-31(2)19-8-6-16(11-17(19)23)30-20-12-27-21(24)22(28-20)29(25)13-14-5-7-18-15(10-14)4-3-9-26-18/h3-12H,13,25H2,1-2H3,(H2,24,27). The summed E-state index contributed by atoms with van der Waals surface area (Å²) in [6.45, 7) is 4.34. The first-order valence-corrected chi connectivity index (χ1v) is 11.8. The van der Waals surface area contributed by atoms with Gasteiger partial charge in [0.25, 0.3) is 0 Å². The summed E-state index contributed by atoms with van der Waals surface area (Å²) in [5, 5.41) is 3.10. The molecule has 2 heterocycles. The third-order valence-corrected chi connectivity index (χ3v) is 6.00. The fraction of sp³-hybridized carbons (Fsp3) is 0.136. The van der Waals surface area contributed by atoms with E-state index in [4.69, 9.17) is 16.3 Å². The molecule has 4 rings (SSSR count). The molecule has 0 atom stereocenters. The number of halogens is 1. The van der Waals surface area contributed by atoms with Gasteiger partial charge in [-0.05, 0) is 49.2 Å². The zero-order valence-electron chi connectivity index (χ0n) is 17.2. The van der Waals surface area contributed by atoms with E-state index in [1.165, 1.54) is 17.3 Å². The molecule has 0 aliphatic heterocycles. The number of anilines is 2. The normalized spacial score (nSPS) is 11.1. The topological polar surface area (TPSA) is 103 Å². The lowest BCUT2D eigenvalue weighted by molar-refractivity contribution is 0.456. The van der Waals surface area contributed by atoms with Crippen LogP contribution in [0.15, 0.2) is 60.9 Å². The van der Waals surface area contributed by atoms with Gasteiger partial charge in [-0.1, -0.05) is 20.1 Å². The van der Waals surface area contributed by atoms with E-state index in [9.17, 15) is 4.39 Å². The highest BCUT2D eigenvalue weighted by Crippen LogP contribution is 2.29. The Morgan fingerprint density at radius 2 is 1.94 bits per heavy atom. The predicted molar refractivity (Wildman–Crippen MR) is 123 cm³/mol. The second-order valence-corrected chi connectivity index (χ2v) is 9.46. The van der Waals surface area contributed by atoms with Crippen LogP contribution >= 0.6 is 7.92 Å². The molecule has 4 aromatic rings. The van der Waals surface area contributed by atoms with Crippen molar-refractivity contribution in [3.05, 3.63) is 72.3 Å². The first-order valence-electron chi connectivity index (χ1n) is 9.54. The van der Waals surface area contributed by atoms with Gasteiger partial charge in [0.05, 0.1) is 18.3 Å². The zero-order chi connectivity index (χ0) is 22.0. The van der Waals surface area contributed by atoms with Crippen molar-refractivity contribution in [2.45, 2.75) is 6.54 Å². The maximum Gasteiger partial charge on any atom is 0.240 e. The van der Waals surface area contributed by atoms with Gasteiger partial charge in [-0.15, -0.1) is 0 Å². The minimum atomic E-state index is -0.544. The van der Waals surface area contributed by atoms with Crippen molar-refractivity contribution in [3.63, 3.8) is 0 Å². The molecule has 0 amide bonds. The minimum Gasteiger partial charge on any atom is -0.437 e. The van der Waals surface area contributed by atoms with Crippen LogP contribution in [0, 0.1) is 5.82 Å². The number of aromatic nitrogens is 3. The smallest absolute Gasteiger partial charge is 0.240 e. The van der Waals surface area contributed by atoms with E-state index >= 15 is 0 Å². The lowest BCUT2D eigenvalue weighted by Crippen LogP contribution is -2.32. The number of fused-ring (bicyclic) bond motifs is 1. The Labute approximate surface area is 180 Å². The Morgan fingerprint density at radius 1 is 1.10 bits per heavy atom. The van der Waals surface area contributed by atoms with Gasteiger partial charge in [0.1, 0.15) is 11.6 Å². The van der Waals surface area contributed by atoms with E-state index in [-0.39, 0.29) is 23.3 Å². The highest BCUT2D eigenvalue weighted by molar-refractivity contribution is 7.64. The van der Waals surface area contributed by atoms with Crippen molar-refractivity contribution in [3.8, 4) is 11.6 Å². The molecule has 0 spiro atoms. The van der Waals surface area contributed by atoms with Gasteiger partial charge in [-0.3, -0.25) is 9.99 Å². The zero-order valence-corrected chi connectivity index (χ0v) is 18.1. The molecule has 158 valence electrons. The Kier molecular flexibility index (Phi) is 5.93. The van der Waals surface area contributed by atoms with Crippen LogP contribution in [-0.2, 0) is 6.54 Å². The molecule has 0 bridgehead atoms. The van der Waals surface area contributed by atoms with Crippen molar-refractivity contribution in [2.75, 3.05) is 24.1 Å². The number of nitrogen functional groups attached to an aromatic ring is 1. The Balaban J connectivity index is 1.54. The van der Waals surface area contributed by atoms with Crippen molar-refractivity contribution in [2.24, 2.45) is 5.84 Å². The summed E-state index contributed by atoms with van der Waals surface area (Å²) in [4.78, 5) is 12.8. The third kappa shape index (κ3) is 4.71. The van der Waals surface area contributed by atoms with Crippen LogP contribution in [-0.4, -0.2) is 28.3 Å². The fourth-order valence-corrected chi connectivity index (χ4v) is 4.03. The Hall–Kier alpha value is -3.35. The average molecular weight is 436 g/mol. The summed E-state index contributed by atoms with van der Waals surface area (Å²) in [6, 6.07) is 14.5. The Bertz CT molecular complexity index is 1240. The van der Waals surface area contributed by atoms with Crippen molar-refractivity contribution in [1.82, 2.24) is 15.0 Å².